The first-order valence-corrected chi connectivity index (χ1v) is 9.63. The van der Waals surface area contributed by atoms with Gasteiger partial charge in [-0.3, -0.25) is 9.36 Å². The molecule has 29 heavy (non-hydrogen) atoms. The maximum Gasteiger partial charge on any atom is 0.256 e. The molecule has 2 fully saturated rings. The number of carbonyl (C=O) groups excluding carboxylic acids is 1. The summed E-state index contributed by atoms with van der Waals surface area (Å²) >= 11 is 0. The van der Waals surface area contributed by atoms with E-state index in [4.69, 9.17) is 9.47 Å². The number of benzene rings is 1. The van der Waals surface area contributed by atoms with Gasteiger partial charge in [-0.2, -0.15) is 0 Å². The lowest BCUT2D eigenvalue weighted by atomic mass is 9.86. The van der Waals surface area contributed by atoms with Crippen molar-refractivity contribution in [2.24, 2.45) is 5.92 Å². The fraction of sp³-hybridized carbons (Fsp3) is 0.333. The molecular weight excluding hydrogens is 370 g/mol. The second-order valence-electron chi connectivity index (χ2n) is 7.41. The van der Waals surface area contributed by atoms with Gasteiger partial charge in [-0.1, -0.05) is 38.6 Å². The molecule has 0 saturated carbocycles. The number of rotatable bonds is 4. The number of ether oxygens (including phenoxy) is 2. The van der Waals surface area contributed by atoms with Crippen LogP contribution in [0, 0.1) is 5.92 Å². The van der Waals surface area contributed by atoms with Gasteiger partial charge in [0.2, 0.25) is 0 Å². The quantitative estimate of drug-likeness (QED) is 0.734. The molecule has 8 nitrogen and oxygen atoms in total. The SMILES string of the molecule is C=C1O[C@H]2C(C)[C@@]1(CC)O[C@H]2n1cnc2c(NC(=O)c3ccccc3)ncnc21. The molecule has 1 unspecified atom stereocenters. The minimum absolute atomic E-state index is 0.168. The van der Waals surface area contributed by atoms with Gasteiger partial charge < -0.3 is 14.8 Å². The van der Waals surface area contributed by atoms with Gasteiger partial charge in [0.25, 0.3) is 5.91 Å². The van der Waals surface area contributed by atoms with Gasteiger partial charge >= 0.3 is 0 Å². The Balaban J connectivity index is 1.49. The minimum Gasteiger partial charge on any atom is -0.487 e. The van der Waals surface area contributed by atoms with Crippen molar-refractivity contribution >= 4 is 22.9 Å². The number of carbonyl (C=O) groups is 1. The third-order valence-electron chi connectivity index (χ3n) is 6.02. The summed E-state index contributed by atoms with van der Waals surface area (Å²) in [5.74, 6) is 0.953. The summed E-state index contributed by atoms with van der Waals surface area (Å²) in [4.78, 5) is 25.6. The summed E-state index contributed by atoms with van der Waals surface area (Å²) in [5, 5.41) is 2.82. The second-order valence-corrected chi connectivity index (χ2v) is 7.41. The van der Waals surface area contributed by atoms with E-state index in [1.165, 1.54) is 6.33 Å². The van der Waals surface area contributed by atoms with E-state index in [1.54, 1.807) is 18.5 Å². The molecule has 1 N–H and O–H groups in total. The molecule has 2 saturated heterocycles. The molecule has 3 aromatic rings. The monoisotopic (exact) mass is 391 g/mol. The average Bonchev–Trinajstić information content (AvgIpc) is 3.37. The van der Waals surface area contributed by atoms with Gasteiger partial charge in [0.05, 0.1) is 6.33 Å². The highest BCUT2D eigenvalue weighted by molar-refractivity contribution is 6.06. The van der Waals surface area contributed by atoms with E-state index >= 15 is 0 Å². The molecule has 1 amide bonds. The molecule has 8 heteroatoms. The third-order valence-corrected chi connectivity index (χ3v) is 6.02. The molecule has 148 valence electrons. The van der Waals surface area contributed by atoms with Crippen molar-refractivity contribution < 1.29 is 14.3 Å². The van der Waals surface area contributed by atoms with Crippen LogP contribution in [-0.2, 0) is 9.47 Å². The van der Waals surface area contributed by atoms with Crippen LogP contribution in [0.3, 0.4) is 0 Å². The average molecular weight is 391 g/mol. The lowest BCUT2D eigenvalue weighted by molar-refractivity contribution is -0.136. The molecule has 5 rings (SSSR count). The van der Waals surface area contributed by atoms with Crippen LogP contribution in [0.2, 0.25) is 0 Å². The van der Waals surface area contributed by atoms with Gasteiger partial charge in [0.15, 0.2) is 23.2 Å². The normalized spacial score (nSPS) is 27.9. The molecule has 2 aromatic heterocycles. The number of nitrogens with one attached hydrogen (secondary N) is 1. The van der Waals surface area contributed by atoms with Crippen LogP contribution < -0.4 is 5.32 Å². The van der Waals surface area contributed by atoms with E-state index < -0.39 is 5.60 Å². The number of fused-ring (bicyclic) bond motifs is 3. The van der Waals surface area contributed by atoms with Crippen LogP contribution in [0.25, 0.3) is 11.2 Å². The van der Waals surface area contributed by atoms with Crippen molar-refractivity contribution in [2.75, 3.05) is 5.32 Å². The molecule has 2 bridgehead atoms. The number of aromatic nitrogens is 4. The molecule has 0 radical (unpaired) electrons. The maximum atomic E-state index is 12.5. The number of anilines is 1. The molecule has 4 atom stereocenters. The van der Waals surface area contributed by atoms with E-state index in [0.29, 0.717) is 28.3 Å². The van der Waals surface area contributed by atoms with Crippen molar-refractivity contribution in [3.05, 3.63) is 60.9 Å². The first-order valence-electron chi connectivity index (χ1n) is 9.63. The summed E-state index contributed by atoms with van der Waals surface area (Å²) in [6, 6.07) is 8.96. The third kappa shape index (κ3) is 2.49. The molecule has 1 aromatic carbocycles. The number of amides is 1. The molecular formula is C21H21N5O3. The highest BCUT2D eigenvalue weighted by atomic mass is 16.6. The van der Waals surface area contributed by atoms with Gasteiger partial charge in [-0.05, 0) is 18.6 Å². The van der Waals surface area contributed by atoms with Crippen LogP contribution in [0.4, 0.5) is 5.82 Å². The number of nitrogens with zero attached hydrogens (tertiary/aromatic N) is 4. The Hall–Kier alpha value is -3.26. The summed E-state index contributed by atoms with van der Waals surface area (Å²) in [6.07, 6.45) is 3.31. The molecule has 2 aliphatic rings. The zero-order chi connectivity index (χ0) is 20.2. The lowest BCUT2D eigenvalue weighted by Crippen LogP contribution is -2.34. The van der Waals surface area contributed by atoms with Crippen LogP contribution >= 0.6 is 0 Å². The van der Waals surface area contributed by atoms with Crippen LogP contribution in [-0.4, -0.2) is 37.1 Å². The summed E-state index contributed by atoms with van der Waals surface area (Å²) in [5.41, 5.74) is 1.12. The zero-order valence-corrected chi connectivity index (χ0v) is 16.2. The van der Waals surface area contributed by atoms with E-state index in [9.17, 15) is 4.79 Å². The van der Waals surface area contributed by atoms with Crippen molar-refractivity contribution in [2.45, 2.75) is 38.2 Å². The van der Waals surface area contributed by atoms with E-state index in [2.05, 4.69) is 40.7 Å². The number of hydrogen-bond donors (Lipinski definition) is 1. The highest BCUT2D eigenvalue weighted by Crippen LogP contribution is 2.55. The largest absolute Gasteiger partial charge is 0.487 e. The zero-order valence-electron chi connectivity index (χ0n) is 16.2. The Morgan fingerprint density at radius 1 is 1.28 bits per heavy atom. The first-order chi connectivity index (χ1) is 14.0. The highest BCUT2D eigenvalue weighted by Gasteiger charge is 2.62. The minimum atomic E-state index is -0.497. The van der Waals surface area contributed by atoms with Crippen molar-refractivity contribution in [3.63, 3.8) is 0 Å². The Morgan fingerprint density at radius 3 is 2.79 bits per heavy atom. The number of imidazole rings is 1. The molecule has 0 spiro atoms. The summed E-state index contributed by atoms with van der Waals surface area (Å²) in [7, 11) is 0. The molecule has 0 aliphatic carbocycles. The Kier molecular flexibility index (Phi) is 3.92. The molecule has 2 aliphatic heterocycles. The van der Waals surface area contributed by atoms with Crippen molar-refractivity contribution in [1.82, 2.24) is 19.5 Å². The number of hydrogen-bond acceptors (Lipinski definition) is 6. The van der Waals surface area contributed by atoms with Crippen molar-refractivity contribution in [3.8, 4) is 0 Å². The smallest absolute Gasteiger partial charge is 0.256 e. The maximum absolute atomic E-state index is 12.5. The Bertz CT molecular complexity index is 1110. The van der Waals surface area contributed by atoms with Crippen LogP contribution in [0.1, 0.15) is 36.9 Å². The fourth-order valence-corrected chi connectivity index (χ4v) is 4.36. The topological polar surface area (TPSA) is 91.2 Å². The van der Waals surface area contributed by atoms with Gasteiger partial charge in [0.1, 0.15) is 23.8 Å². The summed E-state index contributed by atoms with van der Waals surface area (Å²) in [6.45, 7) is 8.23. The van der Waals surface area contributed by atoms with Crippen LogP contribution in [0.15, 0.2) is 55.3 Å². The Morgan fingerprint density at radius 2 is 2.07 bits per heavy atom. The molecule has 4 heterocycles. The van der Waals surface area contributed by atoms with E-state index in [-0.39, 0.29) is 24.2 Å². The van der Waals surface area contributed by atoms with Gasteiger partial charge in [-0.15, -0.1) is 0 Å². The first kappa shape index (κ1) is 17.8. The standard InChI is InChI=1S/C21H21N5O3/c1-4-21-12(2)16(28-13(21)3)20(29-21)26-11-24-15-17(22-10-23-18(15)26)25-19(27)14-8-6-5-7-9-14/h5-12,16,20H,3-4H2,1-2H3,(H,22,23,25,27)/t12?,16-,20+,21+/m0/s1. The van der Waals surface area contributed by atoms with Crippen LogP contribution in [0.5, 0.6) is 0 Å². The fourth-order valence-electron chi connectivity index (χ4n) is 4.36. The Labute approximate surface area is 167 Å². The van der Waals surface area contributed by atoms with Crippen molar-refractivity contribution in [1.29, 1.82) is 0 Å². The predicted molar refractivity (Wildman–Crippen MR) is 106 cm³/mol. The van der Waals surface area contributed by atoms with Gasteiger partial charge in [0, 0.05) is 11.5 Å². The van der Waals surface area contributed by atoms with E-state index in [0.717, 1.165) is 6.42 Å². The van der Waals surface area contributed by atoms with Gasteiger partial charge in [-0.25, -0.2) is 15.0 Å². The van der Waals surface area contributed by atoms with E-state index in [1.807, 2.05) is 22.8 Å². The second kappa shape index (κ2) is 6.38. The predicted octanol–water partition coefficient (Wildman–Crippen LogP) is 3.30. The summed E-state index contributed by atoms with van der Waals surface area (Å²) < 4.78 is 14.3. The lowest BCUT2D eigenvalue weighted by Gasteiger charge is -2.32.